The fourth-order valence-electron chi connectivity index (χ4n) is 4.14. The van der Waals surface area contributed by atoms with Crippen molar-refractivity contribution in [3.63, 3.8) is 0 Å². The maximum absolute atomic E-state index is 11.5. The number of carbonyl (C=O) groups is 1. The second kappa shape index (κ2) is 8.49. The Kier molecular flexibility index (Phi) is 5.03. The largest absolute Gasteiger partial charge is 0.459 e. The molecule has 0 fully saturated rings. The summed E-state index contributed by atoms with van der Waals surface area (Å²) >= 11 is 0. The molecular formula is C27H20N6O2. The van der Waals surface area contributed by atoms with Crippen LogP contribution in [0.4, 0.5) is 0 Å². The van der Waals surface area contributed by atoms with E-state index in [2.05, 4.69) is 10.2 Å². The number of para-hydroxylation sites is 3. The number of benzene rings is 3. The molecule has 8 heteroatoms. The van der Waals surface area contributed by atoms with Crippen LogP contribution in [0.1, 0.15) is 12.6 Å². The summed E-state index contributed by atoms with van der Waals surface area (Å²) in [6, 6.07) is 29.4. The fourth-order valence-corrected chi connectivity index (χ4v) is 4.14. The summed E-state index contributed by atoms with van der Waals surface area (Å²) < 4.78 is 9.08. The third kappa shape index (κ3) is 3.71. The Morgan fingerprint density at radius 3 is 2.37 bits per heavy atom. The molecule has 0 aliphatic carbocycles. The highest BCUT2D eigenvalue weighted by molar-refractivity contribution is 5.87. The number of carbonyl (C=O) groups excluding carboxylic acids is 1. The first-order chi connectivity index (χ1) is 17.2. The zero-order chi connectivity index (χ0) is 23.8. The van der Waals surface area contributed by atoms with Crippen molar-refractivity contribution in [2.24, 2.45) is 0 Å². The van der Waals surface area contributed by atoms with Gasteiger partial charge in [0.05, 0.1) is 22.4 Å². The van der Waals surface area contributed by atoms with Crippen molar-refractivity contribution < 1.29 is 9.53 Å². The van der Waals surface area contributed by atoms with E-state index in [4.69, 9.17) is 14.8 Å². The monoisotopic (exact) mass is 460 g/mol. The second-order valence-corrected chi connectivity index (χ2v) is 8.05. The summed E-state index contributed by atoms with van der Waals surface area (Å²) in [5.74, 6) is 0.367. The fraction of sp³-hybridized carbons (Fsp3) is 0.0741. The lowest BCUT2D eigenvalue weighted by Crippen LogP contribution is -2.06. The Labute approximate surface area is 200 Å². The van der Waals surface area contributed by atoms with E-state index in [0.717, 1.165) is 33.8 Å². The molecule has 3 aromatic heterocycles. The maximum atomic E-state index is 11.5. The summed E-state index contributed by atoms with van der Waals surface area (Å²) in [4.78, 5) is 16.4. The zero-order valence-corrected chi connectivity index (χ0v) is 18.9. The lowest BCUT2D eigenvalue weighted by Gasteiger charge is -2.08. The number of nitrogens with zero attached hydrogens (tertiary/aromatic N) is 6. The van der Waals surface area contributed by atoms with Gasteiger partial charge in [0, 0.05) is 12.5 Å². The van der Waals surface area contributed by atoms with Gasteiger partial charge in [0.25, 0.3) is 0 Å². The number of fused-ring (bicyclic) bond motifs is 3. The first-order valence-corrected chi connectivity index (χ1v) is 11.2. The van der Waals surface area contributed by atoms with Crippen LogP contribution in [-0.2, 0) is 16.1 Å². The van der Waals surface area contributed by atoms with E-state index < -0.39 is 0 Å². The minimum absolute atomic E-state index is 0.0864. The van der Waals surface area contributed by atoms with Crippen molar-refractivity contribution >= 4 is 22.6 Å². The summed E-state index contributed by atoms with van der Waals surface area (Å²) in [5, 5.41) is 13.9. The van der Waals surface area contributed by atoms with Crippen molar-refractivity contribution in [2.75, 3.05) is 0 Å². The molecule has 0 aliphatic rings. The molecular weight excluding hydrogens is 440 g/mol. The molecule has 0 N–H and O–H groups in total. The van der Waals surface area contributed by atoms with Gasteiger partial charge >= 0.3 is 5.97 Å². The minimum atomic E-state index is -0.358. The molecule has 0 spiro atoms. The van der Waals surface area contributed by atoms with E-state index in [9.17, 15) is 4.79 Å². The van der Waals surface area contributed by atoms with Gasteiger partial charge in [0.1, 0.15) is 18.0 Å². The first kappa shape index (κ1) is 20.7. The first-order valence-electron chi connectivity index (χ1n) is 11.2. The topological polar surface area (TPSA) is 87.2 Å². The van der Waals surface area contributed by atoms with Crippen molar-refractivity contribution in [1.82, 2.24) is 29.4 Å². The van der Waals surface area contributed by atoms with Crippen LogP contribution >= 0.6 is 0 Å². The van der Waals surface area contributed by atoms with Crippen LogP contribution in [0.3, 0.4) is 0 Å². The maximum Gasteiger partial charge on any atom is 0.303 e. The van der Waals surface area contributed by atoms with E-state index in [-0.39, 0.29) is 12.6 Å². The highest BCUT2D eigenvalue weighted by Crippen LogP contribution is 2.30. The normalized spacial score (nSPS) is 11.2. The molecule has 35 heavy (non-hydrogen) atoms. The molecule has 3 aromatic carbocycles. The van der Waals surface area contributed by atoms with E-state index in [1.807, 2.05) is 95.4 Å². The van der Waals surface area contributed by atoms with Crippen LogP contribution in [-0.4, -0.2) is 35.3 Å². The van der Waals surface area contributed by atoms with Gasteiger partial charge in [-0.15, -0.1) is 10.2 Å². The molecule has 0 bridgehead atoms. The molecule has 0 amide bonds. The van der Waals surface area contributed by atoms with Crippen LogP contribution in [0.25, 0.3) is 45.1 Å². The molecule has 0 unspecified atom stereocenters. The number of rotatable bonds is 5. The van der Waals surface area contributed by atoms with Crippen molar-refractivity contribution in [1.29, 1.82) is 0 Å². The van der Waals surface area contributed by atoms with Gasteiger partial charge in [0.2, 0.25) is 0 Å². The van der Waals surface area contributed by atoms with Crippen LogP contribution in [0.2, 0.25) is 0 Å². The SMILES string of the molecule is CC(=O)OCc1cc(-c2nc3ccccc3n3c(-c4ccccc4)nnc23)nn1-c1ccccc1. The number of esters is 1. The van der Waals surface area contributed by atoms with Gasteiger partial charge in [-0.3, -0.25) is 9.20 Å². The average Bonchev–Trinajstić information content (AvgIpc) is 3.53. The number of hydrogen-bond donors (Lipinski definition) is 0. The highest BCUT2D eigenvalue weighted by Gasteiger charge is 2.21. The van der Waals surface area contributed by atoms with Gasteiger partial charge in [0.15, 0.2) is 11.5 Å². The predicted octanol–water partition coefficient (Wildman–Crippen LogP) is 4.86. The van der Waals surface area contributed by atoms with Crippen molar-refractivity contribution in [2.45, 2.75) is 13.5 Å². The number of aromatic nitrogens is 6. The van der Waals surface area contributed by atoms with Crippen LogP contribution in [0, 0.1) is 0 Å². The lowest BCUT2D eigenvalue weighted by molar-refractivity contribution is -0.142. The summed E-state index contributed by atoms with van der Waals surface area (Å²) in [5.41, 5.74) is 6.02. The average molecular weight is 460 g/mol. The zero-order valence-electron chi connectivity index (χ0n) is 18.9. The molecule has 0 atom stereocenters. The van der Waals surface area contributed by atoms with Gasteiger partial charge in [-0.25, -0.2) is 9.67 Å². The van der Waals surface area contributed by atoms with E-state index >= 15 is 0 Å². The molecule has 0 radical (unpaired) electrons. The Bertz CT molecular complexity index is 1670. The van der Waals surface area contributed by atoms with E-state index in [1.54, 1.807) is 4.68 Å². The minimum Gasteiger partial charge on any atom is -0.459 e. The van der Waals surface area contributed by atoms with Crippen molar-refractivity contribution in [3.8, 4) is 28.5 Å². The molecule has 0 saturated carbocycles. The standard InChI is InChI=1S/C27H20N6O2/c1-18(34)35-17-21-16-23(31-33(21)20-12-6-3-7-13-20)25-27-30-29-26(19-10-4-2-5-11-19)32(27)24-15-9-8-14-22(24)28-25/h2-16H,17H2,1H3. The lowest BCUT2D eigenvalue weighted by atomic mass is 10.2. The van der Waals surface area contributed by atoms with Crippen LogP contribution < -0.4 is 0 Å². The summed E-state index contributed by atoms with van der Waals surface area (Å²) in [6.45, 7) is 1.48. The molecule has 3 heterocycles. The summed E-state index contributed by atoms with van der Waals surface area (Å²) in [7, 11) is 0. The smallest absolute Gasteiger partial charge is 0.303 e. The Hall–Kier alpha value is -4.85. The van der Waals surface area contributed by atoms with Crippen molar-refractivity contribution in [3.05, 3.63) is 96.7 Å². The molecule has 6 aromatic rings. The predicted molar refractivity (Wildman–Crippen MR) is 132 cm³/mol. The molecule has 0 aliphatic heterocycles. The van der Waals surface area contributed by atoms with E-state index in [1.165, 1.54) is 6.92 Å². The quantitative estimate of drug-likeness (QED) is 0.342. The second-order valence-electron chi connectivity index (χ2n) is 8.05. The number of hydrogen-bond acceptors (Lipinski definition) is 6. The van der Waals surface area contributed by atoms with E-state index in [0.29, 0.717) is 17.0 Å². The Morgan fingerprint density at radius 2 is 1.60 bits per heavy atom. The van der Waals surface area contributed by atoms with Gasteiger partial charge < -0.3 is 4.74 Å². The van der Waals surface area contributed by atoms with Gasteiger partial charge in [-0.1, -0.05) is 60.7 Å². The van der Waals surface area contributed by atoms with Gasteiger partial charge in [-0.05, 0) is 30.3 Å². The molecule has 6 rings (SSSR count). The Balaban J connectivity index is 1.60. The summed E-state index contributed by atoms with van der Waals surface area (Å²) in [6.07, 6.45) is 0. The third-order valence-electron chi connectivity index (χ3n) is 5.71. The third-order valence-corrected chi connectivity index (χ3v) is 5.71. The highest BCUT2D eigenvalue weighted by atomic mass is 16.5. The number of ether oxygens (including phenoxy) is 1. The molecule has 8 nitrogen and oxygen atoms in total. The molecule has 170 valence electrons. The van der Waals surface area contributed by atoms with Gasteiger partial charge in [-0.2, -0.15) is 5.10 Å². The molecule has 0 saturated heterocycles. The van der Waals surface area contributed by atoms with Crippen LogP contribution in [0.5, 0.6) is 0 Å². The van der Waals surface area contributed by atoms with Crippen LogP contribution in [0.15, 0.2) is 91.0 Å². The Morgan fingerprint density at radius 1 is 0.886 bits per heavy atom.